The summed E-state index contributed by atoms with van der Waals surface area (Å²) in [4.78, 5) is 4.01. The molecule has 1 atom stereocenters. The molecule has 1 aromatic heterocycles. The third-order valence-corrected chi connectivity index (χ3v) is 2.98. The summed E-state index contributed by atoms with van der Waals surface area (Å²) in [6, 6.07) is 12.5. The van der Waals surface area contributed by atoms with Gasteiger partial charge in [0.1, 0.15) is 5.75 Å². The molecule has 2 aromatic rings. The molecule has 18 heavy (non-hydrogen) atoms. The van der Waals surface area contributed by atoms with Gasteiger partial charge in [0.05, 0.1) is 7.11 Å². The highest BCUT2D eigenvalue weighted by atomic mass is 16.5. The van der Waals surface area contributed by atoms with Crippen LogP contribution in [0.4, 0.5) is 0 Å². The molecule has 0 fully saturated rings. The van der Waals surface area contributed by atoms with Gasteiger partial charge in [-0.05, 0) is 42.3 Å². The predicted molar refractivity (Wildman–Crippen MR) is 72.5 cm³/mol. The van der Waals surface area contributed by atoms with Crippen molar-refractivity contribution in [2.45, 2.75) is 19.5 Å². The van der Waals surface area contributed by atoms with Crippen molar-refractivity contribution in [1.29, 1.82) is 0 Å². The molecule has 0 amide bonds. The largest absolute Gasteiger partial charge is 0.497 e. The summed E-state index contributed by atoms with van der Waals surface area (Å²) in [6.07, 6.45) is 3.63. The molecule has 0 bridgehead atoms. The van der Waals surface area contributed by atoms with E-state index in [4.69, 9.17) is 4.74 Å². The summed E-state index contributed by atoms with van der Waals surface area (Å²) in [5, 5.41) is 3.48. The van der Waals surface area contributed by atoms with Gasteiger partial charge in [0.15, 0.2) is 0 Å². The van der Waals surface area contributed by atoms with Crippen molar-refractivity contribution in [1.82, 2.24) is 10.3 Å². The average molecular weight is 242 g/mol. The van der Waals surface area contributed by atoms with Crippen LogP contribution in [0.25, 0.3) is 0 Å². The molecule has 1 heterocycles. The van der Waals surface area contributed by atoms with Crippen LogP contribution in [0.5, 0.6) is 5.75 Å². The molecule has 0 radical (unpaired) electrons. The fourth-order valence-electron chi connectivity index (χ4n) is 1.78. The number of benzene rings is 1. The zero-order valence-corrected chi connectivity index (χ0v) is 10.8. The van der Waals surface area contributed by atoms with E-state index < -0.39 is 0 Å². The Kier molecular flexibility index (Phi) is 4.31. The minimum Gasteiger partial charge on any atom is -0.497 e. The lowest BCUT2D eigenvalue weighted by atomic mass is 10.1. The zero-order chi connectivity index (χ0) is 12.8. The lowest BCUT2D eigenvalue weighted by Gasteiger charge is -2.14. The van der Waals surface area contributed by atoms with Crippen LogP contribution in [0.3, 0.4) is 0 Å². The number of nitrogens with one attached hydrogen (secondary N) is 1. The zero-order valence-electron chi connectivity index (χ0n) is 10.8. The monoisotopic (exact) mass is 242 g/mol. The number of ether oxygens (including phenoxy) is 1. The summed E-state index contributed by atoms with van der Waals surface area (Å²) in [6.45, 7) is 3.00. The maximum Gasteiger partial charge on any atom is 0.118 e. The molecule has 0 spiro atoms. The van der Waals surface area contributed by atoms with Crippen LogP contribution in [0, 0.1) is 0 Å². The lowest BCUT2D eigenvalue weighted by Crippen LogP contribution is -2.17. The fourth-order valence-corrected chi connectivity index (χ4v) is 1.78. The highest BCUT2D eigenvalue weighted by molar-refractivity contribution is 5.28. The normalized spacial score (nSPS) is 12.1. The Balaban J connectivity index is 1.93. The predicted octanol–water partition coefficient (Wildman–Crippen LogP) is 2.94. The Hall–Kier alpha value is -1.87. The minimum atomic E-state index is 0.309. The number of rotatable bonds is 5. The highest BCUT2D eigenvalue weighted by Gasteiger charge is 2.04. The minimum absolute atomic E-state index is 0.309. The number of nitrogens with zero attached hydrogens (tertiary/aromatic N) is 1. The topological polar surface area (TPSA) is 34.1 Å². The molecule has 0 aliphatic heterocycles. The van der Waals surface area contributed by atoms with E-state index in [1.54, 1.807) is 7.11 Å². The van der Waals surface area contributed by atoms with Crippen molar-refractivity contribution < 1.29 is 4.74 Å². The first-order valence-corrected chi connectivity index (χ1v) is 6.06. The van der Waals surface area contributed by atoms with Crippen LogP contribution in [0.2, 0.25) is 0 Å². The Bertz CT molecular complexity index is 468. The summed E-state index contributed by atoms with van der Waals surface area (Å²) in [5.74, 6) is 0.889. The first-order chi connectivity index (χ1) is 8.79. The van der Waals surface area contributed by atoms with Gasteiger partial charge < -0.3 is 10.1 Å². The van der Waals surface area contributed by atoms with Crippen LogP contribution >= 0.6 is 0 Å². The molecule has 3 nitrogen and oxygen atoms in total. The number of hydrogen-bond acceptors (Lipinski definition) is 3. The maximum atomic E-state index is 5.15. The summed E-state index contributed by atoms with van der Waals surface area (Å²) < 4.78 is 5.15. The highest BCUT2D eigenvalue weighted by Crippen LogP contribution is 2.17. The first-order valence-electron chi connectivity index (χ1n) is 6.06. The molecule has 94 valence electrons. The molecule has 0 aliphatic carbocycles. The van der Waals surface area contributed by atoms with E-state index >= 15 is 0 Å². The quantitative estimate of drug-likeness (QED) is 0.875. The van der Waals surface area contributed by atoms with Gasteiger partial charge in [-0.3, -0.25) is 4.98 Å². The molecule has 0 saturated heterocycles. The van der Waals surface area contributed by atoms with E-state index in [0.29, 0.717) is 6.04 Å². The van der Waals surface area contributed by atoms with Gasteiger partial charge in [0, 0.05) is 25.0 Å². The average Bonchev–Trinajstić information content (AvgIpc) is 2.46. The van der Waals surface area contributed by atoms with Gasteiger partial charge in [0.25, 0.3) is 0 Å². The molecular weight excluding hydrogens is 224 g/mol. The Morgan fingerprint density at radius 3 is 2.39 bits per heavy atom. The van der Waals surface area contributed by atoms with Crippen molar-refractivity contribution in [3.05, 3.63) is 59.9 Å². The second-order valence-electron chi connectivity index (χ2n) is 4.23. The van der Waals surface area contributed by atoms with Gasteiger partial charge in [0.2, 0.25) is 0 Å². The van der Waals surface area contributed by atoms with Crippen LogP contribution in [0.15, 0.2) is 48.8 Å². The van der Waals surface area contributed by atoms with E-state index in [1.807, 2.05) is 36.7 Å². The number of aromatic nitrogens is 1. The van der Waals surface area contributed by atoms with E-state index in [9.17, 15) is 0 Å². The third kappa shape index (κ3) is 3.31. The molecule has 2 rings (SSSR count). The van der Waals surface area contributed by atoms with Crippen molar-refractivity contribution >= 4 is 0 Å². The Morgan fingerprint density at radius 1 is 1.11 bits per heavy atom. The van der Waals surface area contributed by atoms with Crippen LogP contribution in [-0.4, -0.2) is 12.1 Å². The Labute approximate surface area is 108 Å². The van der Waals surface area contributed by atoms with Crippen molar-refractivity contribution in [2.75, 3.05) is 7.11 Å². The van der Waals surface area contributed by atoms with Crippen LogP contribution in [-0.2, 0) is 6.54 Å². The molecule has 1 aromatic carbocycles. The number of methoxy groups -OCH3 is 1. The lowest BCUT2D eigenvalue weighted by molar-refractivity contribution is 0.414. The van der Waals surface area contributed by atoms with Crippen molar-refractivity contribution in [3.63, 3.8) is 0 Å². The smallest absolute Gasteiger partial charge is 0.118 e. The SMILES string of the molecule is COc1ccc([C@@H](C)NCc2ccncc2)cc1. The first kappa shape index (κ1) is 12.6. The van der Waals surface area contributed by atoms with E-state index in [1.165, 1.54) is 11.1 Å². The molecule has 1 N–H and O–H groups in total. The van der Waals surface area contributed by atoms with E-state index in [-0.39, 0.29) is 0 Å². The third-order valence-electron chi connectivity index (χ3n) is 2.98. The summed E-state index contributed by atoms with van der Waals surface area (Å²) in [7, 11) is 1.68. The summed E-state index contributed by atoms with van der Waals surface area (Å²) >= 11 is 0. The molecular formula is C15H18N2O. The number of pyridine rings is 1. The Morgan fingerprint density at radius 2 is 1.78 bits per heavy atom. The second kappa shape index (κ2) is 6.17. The van der Waals surface area contributed by atoms with Gasteiger partial charge in [-0.1, -0.05) is 12.1 Å². The van der Waals surface area contributed by atoms with Gasteiger partial charge >= 0.3 is 0 Å². The van der Waals surface area contributed by atoms with Gasteiger partial charge in [-0.25, -0.2) is 0 Å². The maximum absolute atomic E-state index is 5.15. The standard InChI is InChI=1S/C15H18N2O/c1-12(14-3-5-15(18-2)6-4-14)17-11-13-7-9-16-10-8-13/h3-10,12,17H,11H2,1-2H3/t12-/m1/s1. The molecule has 0 aliphatic rings. The number of hydrogen-bond donors (Lipinski definition) is 1. The van der Waals surface area contributed by atoms with Gasteiger partial charge in [-0.15, -0.1) is 0 Å². The van der Waals surface area contributed by atoms with Gasteiger partial charge in [-0.2, -0.15) is 0 Å². The summed E-state index contributed by atoms with van der Waals surface area (Å²) in [5.41, 5.74) is 2.50. The van der Waals surface area contributed by atoms with E-state index in [2.05, 4.69) is 29.4 Å². The van der Waals surface area contributed by atoms with Crippen LogP contribution in [0.1, 0.15) is 24.1 Å². The van der Waals surface area contributed by atoms with E-state index in [0.717, 1.165) is 12.3 Å². The molecule has 0 unspecified atom stereocenters. The molecule has 3 heteroatoms. The van der Waals surface area contributed by atoms with Crippen molar-refractivity contribution in [2.24, 2.45) is 0 Å². The molecule has 0 saturated carbocycles. The van der Waals surface area contributed by atoms with Crippen LogP contribution < -0.4 is 10.1 Å². The second-order valence-corrected chi connectivity index (χ2v) is 4.23. The fraction of sp³-hybridized carbons (Fsp3) is 0.267. The van der Waals surface area contributed by atoms with Crippen molar-refractivity contribution in [3.8, 4) is 5.75 Å².